The summed E-state index contributed by atoms with van der Waals surface area (Å²) < 4.78 is 0. The highest BCUT2D eigenvalue weighted by Gasteiger charge is 2.31. The van der Waals surface area contributed by atoms with Crippen molar-refractivity contribution in [3.63, 3.8) is 0 Å². The van der Waals surface area contributed by atoms with Gasteiger partial charge in [0.05, 0.1) is 0 Å². The molecule has 0 heterocycles. The summed E-state index contributed by atoms with van der Waals surface area (Å²) in [5, 5.41) is 0. The van der Waals surface area contributed by atoms with Crippen molar-refractivity contribution in [2.75, 3.05) is 0 Å². The highest BCUT2D eigenvalue weighted by Crippen LogP contribution is 2.37. The molecule has 0 amide bonds. The number of carbonyl (C=O) groups excluding carboxylic acids is 2. The molecular formula is C18H24O2. The summed E-state index contributed by atoms with van der Waals surface area (Å²) in [5.41, 5.74) is 1.98. The zero-order chi connectivity index (χ0) is 13.9. The number of rotatable bonds is 2. The van der Waals surface area contributed by atoms with Gasteiger partial charge in [-0.2, -0.15) is 0 Å². The first kappa shape index (κ1) is 13.8. The Morgan fingerprint density at radius 3 is 1.85 bits per heavy atom. The van der Waals surface area contributed by atoms with Gasteiger partial charge in [-0.3, -0.25) is 9.59 Å². The van der Waals surface area contributed by atoms with Gasteiger partial charge in [0.1, 0.15) is 0 Å². The van der Waals surface area contributed by atoms with Crippen LogP contribution >= 0.6 is 0 Å². The minimum Gasteiger partial charge on any atom is -0.286 e. The fourth-order valence-corrected chi connectivity index (χ4v) is 4.03. The van der Waals surface area contributed by atoms with E-state index in [1.807, 2.05) is 0 Å². The molecule has 0 radical (unpaired) electrons. The molecule has 0 atom stereocenters. The normalized spacial score (nSPS) is 26.4. The first-order valence-electron chi connectivity index (χ1n) is 8.27. The molecule has 3 rings (SSSR count). The first-order valence-corrected chi connectivity index (χ1v) is 8.27. The van der Waals surface area contributed by atoms with Crippen molar-refractivity contribution in [3.8, 4) is 0 Å². The summed E-state index contributed by atoms with van der Waals surface area (Å²) in [6.45, 7) is 0. The van der Waals surface area contributed by atoms with Crippen molar-refractivity contribution in [1.29, 1.82) is 0 Å². The molecule has 2 nitrogen and oxygen atoms in total. The molecular weight excluding hydrogens is 248 g/mol. The van der Waals surface area contributed by atoms with Crippen LogP contribution in [-0.2, 0) is 9.59 Å². The molecule has 2 heteroatoms. The standard InChI is InChI=1S/C18H24O2/c19-17-12-15(13-7-3-1-4-8-13)11-16(18(17)20)14-9-5-2-6-10-14/h11-14H,1-10H2. The number of hydrogen-bond acceptors (Lipinski definition) is 2. The van der Waals surface area contributed by atoms with Gasteiger partial charge in [0.25, 0.3) is 0 Å². The summed E-state index contributed by atoms with van der Waals surface area (Å²) in [4.78, 5) is 24.2. The van der Waals surface area contributed by atoms with Crippen LogP contribution in [0.25, 0.3) is 0 Å². The molecule has 20 heavy (non-hydrogen) atoms. The van der Waals surface area contributed by atoms with Gasteiger partial charge in [-0.05, 0) is 49.2 Å². The third-order valence-corrected chi connectivity index (χ3v) is 5.23. The Morgan fingerprint density at radius 2 is 1.25 bits per heavy atom. The van der Waals surface area contributed by atoms with E-state index in [-0.39, 0.29) is 11.6 Å². The molecule has 0 aromatic heterocycles. The zero-order valence-electron chi connectivity index (χ0n) is 12.2. The van der Waals surface area contributed by atoms with E-state index < -0.39 is 0 Å². The summed E-state index contributed by atoms with van der Waals surface area (Å²) in [6, 6.07) is 0. The van der Waals surface area contributed by atoms with Gasteiger partial charge in [-0.1, -0.05) is 44.6 Å². The second-order valence-electron chi connectivity index (χ2n) is 6.61. The fraction of sp³-hybridized carbons (Fsp3) is 0.667. The molecule has 0 aromatic carbocycles. The number of Topliss-reactive ketones (excluding diaryl/α,β-unsaturated/α-hetero) is 1. The molecule has 0 spiro atoms. The van der Waals surface area contributed by atoms with E-state index in [0.717, 1.165) is 24.0 Å². The molecule has 0 bridgehead atoms. The van der Waals surface area contributed by atoms with Gasteiger partial charge in [0.2, 0.25) is 11.6 Å². The molecule has 0 aromatic rings. The fourth-order valence-electron chi connectivity index (χ4n) is 4.03. The highest BCUT2D eigenvalue weighted by atomic mass is 16.2. The predicted molar refractivity (Wildman–Crippen MR) is 79.3 cm³/mol. The minimum atomic E-state index is -0.270. The third kappa shape index (κ3) is 2.79. The first-order chi connectivity index (χ1) is 9.75. The highest BCUT2D eigenvalue weighted by molar-refractivity contribution is 6.48. The third-order valence-electron chi connectivity index (χ3n) is 5.23. The van der Waals surface area contributed by atoms with Crippen molar-refractivity contribution in [2.45, 2.75) is 64.2 Å². The van der Waals surface area contributed by atoms with Gasteiger partial charge < -0.3 is 0 Å². The van der Waals surface area contributed by atoms with Crippen molar-refractivity contribution >= 4 is 11.6 Å². The molecule has 0 N–H and O–H groups in total. The Bertz CT molecular complexity index is 458. The Morgan fingerprint density at radius 1 is 0.700 bits per heavy atom. The SMILES string of the molecule is O=C1C=C(C2CCCCC2)C=C(C2CCCCC2)C1=O. The van der Waals surface area contributed by atoms with Crippen molar-refractivity contribution in [2.24, 2.45) is 11.8 Å². The molecule has 2 saturated carbocycles. The van der Waals surface area contributed by atoms with Gasteiger partial charge in [0.15, 0.2) is 0 Å². The molecule has 0 aliphatic heterocycles. The van der Waals surface area contributed by atoms with E-state index >= 15 is 0 Å². The van der Waals surface area contributed by atoms with E-state index in [1.165, 1.54) is 51.4 Å². The van der Waals surface area contributed by atoms with E-state index in [1.54, 1.807) is 6.08 Å². The summed E-state index contributed by atoms with van der Waals surface area (Å²) >= 11 is 0. The van der Waals surface area contributed by atoms with Crippen LogP contribution in [0.15, 0.2) is 23.3 Å². The van der Waals surface area contributed by atoms with E-state index in [0.29, 0.717) is 11.8 Å². The van der Waals surface area contributed by atoms with Gasteiger partial charge >= 0.3 is 0 Å². The molecule has 2 fully saturated rings. The van der Waals surface area contributed by atoms with Crippen molar-refractivity contribution < 1.29 is 9.59 Å². The second-order valence-corrected chi connectivity index (χ2v) is 6.61. The van der Waals surface area contributed by atoms with Crippen LogP contribution < -0.4 is 0 Å². The number of carbonyl (C=O) groups is 2. The average molecular weight is 272 g/mol. The van der Waals surface area contributed by atoms with E-state index in [2.05, 4.69) is 6.08 Å². The lowest BCUT2D eigenvalue weighted by molar-refractivity contribution is -0.132. The summed E-state index contributed by atoms with van der Waals surface area (Å²) in [5.74, 6) is 0.358. The quantitative estimate of drug-likeness (QED) is 0.559. The van der Waals surface area contributed by atoms with Gasteiger partial charge in [-0.25, -0.2) is 0 Å². The Hall–Kier alpha value is -1.18. The van der Waals surface area contributed by atoms with Gasteiger partial charge in [0, 0.05) is 5.57 Å². The van der Waals surface area contributed by atoms with Crippen LogP contribution in [0.1, 0.15) is 64.2 Å². The van der Waals surface area contributed by atoms with Crippen LogP contribution in [0.2, 0.25) is 0 Å². The maximum Gasteiger partial charge on any atom is 0.229 e. The Labute approximate surface area is 121 Å². The van der Waals surface area contributed by atoms with Crippen LogP contribution in [0.5, 0.6) is 0 Å². The zero-order valence-corrected chi connectivity index (χ0v) is 12.2. The topological polar surface area (TPSA) is 34.1 Å². The molecule has 0 unspecified atom stereocenters. The lowest BCUT2D eigenvalue weighted by Gasteiger charge is -2.28. The molecule has 3 aliphatic carbocycles. The number of allylic oxidation sites excluding steroid dienone is 4. The van der Waals surface area contributed by atoms with Crippen molar-refractivity contribution in [1.82, 2.24) is 0 Å². The van der Waals surface area contributed by atoms with Crippen LogP contribution in [0, 0.1) is 11.8 Å². The number of ketones is 2. The predicted octanol–water partition coefficient (Wildman–Crippen LogP) is 4.15. The second kappa shape index (κ2) is 6.07. The van der Waals surface area contributed by atoms with E-state index in [9.17, 15) is 9.59 Å². The monoisotopic (exact) mass is 272 g/mol. The maximum absolute atomic E-state index is 12.2. The van der Waals surface area contributed by atoms with Crippen LogP contribution in [-0.4, -0.2) is 11.6 Å². The maximum atomic E-state index is 12.2. The minimum absolute atomic E-state index is 0.226. The summed E-state index contributed by atoms with van der Waals surface area (Å²) in [6.07, 6.45) is 15.8. The molecule has 108 valence electrons. The lowest BCUT2D eigenvalue weighted by Crippen LogP contribution is -2.26. The Kier molecular flexibility index (Phi) is 4.18. The summed E-state index contributed by atoms with van der Waals surface area (Å²) in [7, 11) is 0. The average Bonchev–Trinajstić information content (AvgIpc) is 2.51. The van der Waals surface area contributed by atoms with Crippen LogP contribution in [0.4, 0.5) is 0 Å². The smallest absolute Gasteiger partial charge is 0.229 e. The van der Waals surface area contributed by atoms with Gasteiger partial charge in [-0.15, -0.1) is 0 Å². The molecule has 3 aliphatic rings. The van der Waals surface area contributed by atoms with Crippen LogP contribution in [0.3, 0.4) is 0 Å². The lowest BCUT2D eigenvalue weighted by atomic mass is 9.75. The van der Waals surface area contributed by atoms with Crippen molar-refractivity contribution in [3.05, 3.63) is 23.3 Å². The largest absolute Gasteiger partial charge is 0.286 e. The molecule has 0 saturated heterocycles. The Balaban J connectivity index is 1.83. The van der Waals surface area contributed by atoms with E-state index in [4.69, 9.17) is 0 Å². The number of hydrogen-bond donors (Lipinski definition) is 0.